The van der Waals surface area contributed by atoms with Crippen molar-refractivity contribution in [1.29, 1.82) is 0 Å². The molecule has 2 atom stereocenters. The van der Waals surface area contributed by atoms with Gasteiger partial charge in [0.1, 0.15) is 0 Å². The number of likely N-dealkylation sites (tertiary alicyclic amines) is 1. The third-order valence-electron chi connectivity index (χ3n) is 4.75. The first kappa shape index (κ1) is 17.5. The second-order valence-electron chi connectivity index (χ2n) is 6.04. The molecule has 0 N–H and O–H groups in total. The van der Waals surface area contributed by atoms with E-state index in [1.807, 2.05) is 30.3 Å². The van der Waals surface area contributed by atoms with Crippen molar-refractivity contribution in [2.75, 3.05) is 27.8 Å². The summed E-state index contributed by atoms with van der Waals surface area (Å²) < 4.78 is 10.0. The summed E-state index contributed by atoms with van der Waals surface area (Å²) in [5, 5.41) is 0. The summed E-state index contributed by atoms with van der Waals surface area (Å²) in [5.74, 6) is 2.54. The zero-order valence-electron chi connectivity index (χ0n) is 14.5. The van der Waals surface area contributed by atoms with Crippen LogP contribution in [0.4, 0.5) is 0 Å². The van der Waals surface area contributed by atoms with E-state index in [1.54, 1.807) is 14.2 Å². The van der Waals surface area contributed by atoms with Crippen molar-refractivity contribution >= 4 is 5.78 Å². The smallest absolute Gasteiger partial charge is 0.160 e. The maximum absolute atomic E-state index is 11.4. The lowest BCUT2D eigenvalue weighted by Gasteiger charge is -2.29. The third-order valence-corrected chi connectivity index (χ3v) is 4.75. The second-order valence-corrected chi connectivity index (χ2v) is 6.04. The number of benzene rings is 1. The molecule has 0 spiro atoms. The summed E-state index contributed by atoms with van der Waals surface area (Å²) in [7, 11) is 5.38. The molecule has 2 aliphatic rings. The van der Waals surface area contributed by atoms with Crippen LogP contribution < -0.4 is 9.47 Å². The van der Waals surface area contributed by atoms with Crippen LogP contribution >= 0.6 is 0 Å². The van der Waals surface area contributed by atoms with E-state index in [-0.39, 0.29) is 0 Å². The van der Waals surface area contributed by atoms with Crippen molar-refractivity contribution in [3.8, 4) is 11.5 Å². The molecule has 1 aromatic carbocycles. The molecule has 1 saturated heterocycles. The first-order valence-corrected chi connectivity index (χ1v) is 8.21. The van der Waals surface area contributed by atoms with Gasteiger partial charge in [-0.2, -0.15) is 0 Å². The molecule has 4 heteroatoms. The molecule has 4 nitrogen and oxygen atoms in total. The number of para-hydroxylation sites is 2. The van der Waals surface area contributed by atoms with Crippen LogP contribution in [0.2, 0.25) is 0 Å². The Kier molecular flexibility index (Phi) is 6.22. The van der Waals surface area contributed by atoms with E-state index in [1.165, 1.54) is 12.0 Å². The molecule has 0 amide bonds. The van der Waals surface area contributed by atoms with Gasteiger partial charge in [0.25, 0.3) is 0 Å². The molecule has 0 bridgehead atoms. The number of fused-ring (bicyclic) bond motifs is 1. The number of methoxy groups -OCH3 is 2. The van der Waals surface area contributed by atoms with E-state index in [0.29, 0.717) is 17.7 Å². The third kappa shape index (κ3) is 4.14. The highest BCUT2D eigenvalue weighted by Crippen LogP contribution is 2.36. The van der Waals surface area contributed by atoms with Gasteiger partial charge in [-0.1, -0.05) is 24.6 Å². The van der Waals surface area contributed by atoms with Crippen LogP contribution in [-0.2, 0) is 4.79 Å². The predicted molar refractivity (Wildman–Crippen MR) is 92.1 cm³/mol. The number of rotatable bonds is 3. The van der Waals surface area contributed by atoms with Crippen LogP contribution in [0, 0.1) is 5.92 Å². The Morgan fingerprint density at radius 2 is 1.78 bits per heavy atom. The van der Waals surface area contributed by atoms with Gasteiger partial charge in [-0.05, 0) is 50.6 Å². The Hall–Kier alpha value is -1.81. The summed E-state index contributed by atoms with van der Waals surface area (Å²) in [4.78, 5) is 13.8. The number of allylic oxidation sites excluding steroid dienone is 1. The predicted octanol–water partition coefficient (Wildman–Crippen LogP) is 3.32. The summed E-state index contributed by atoms with van der Waals surface area (Å²) >= 11 is 0. The molecule has 126 valence electrons. The molecule has 0 radical (unpaired) electrons. The standard InChI is InChI=1S/C11H17NO.C8H10O2/c1-3-8-6-9(13)7-11-10(8)4-5-12(11)2;1-9-7-5-3-4-6-8(7)10-2/h6,10-11H,3-5,7H2,1-2H3;3-6H,1-2H3. The molecule has 0 aromatic heterocycles. The SMILES string of the molecule is CCC1=CC(=O)CC2C1CCN2C.COc1ccccc1OC. The molecule has 2 unspecified atom stereocenters. The Morgan fingerprint density at radius 3 is 2.30 bits per heavy atom. The van der Waals surface area contributed by atoms with Crippen LogP contribution in [0.1, 0.15) is 26.2 Å². The van der Waals surface area contributed by atoms with Gasteiger partial charge in [0.15, 0.2) is 17.3 Å². The van der Waals surface area contributed by atoms with Crippen molar-refractivity contribution in [3.05, 3.63) is 35.9 Å². The molecule has 0 saturated carbocycles. The Morgan fingerprint density at radius 1 is 1.17 bits per heavy atom. The highest BCUT2D eigenvalue weighted by Gasteiger charge is 2.37. The van der Waals surface area contributed by atoms with Gasteiger partial charge in [0.2, 0.25) is 0 Å². The Balaban J connectivity index is 0.000000174. The minimum atomic E-state index is 0.326. The molecular weight excluding hydrogens is 290 g/mol. The number of ketones is 1. The first-order valence-electron chi connectivity index (χ1n) is 8.21. The average Bonchev–Trinajstić information content (AvgIpc) is 2.95. The Bertz CT molecular complexity index is 544. The maximum atomic E-state index is 11.4. The van der Waals surface area contributed by atoms with Gasteiger partial charge in [-0.25, -0.2) is 0 Å². The highest BCUT2D eigenvalue weighted by molar-refractivity contribution is 5.92. The minimum absolute atomic E-state index is 0.326. The number of hydrogen-bond donors (Lipinski definition) is 0. The van der Waals surface area contributed by atoms with Gasteiger partial charge in [0, 0.05) is 12.5 Å². The summed E-state index contributed by atoms with van der Waals surface area (Å²) in [6.07, 6.45) is 4.92. The fraction of sp³-hybridized carbons (Fsp3) is 0.526. The number of carbonyl (C=O) groups is 1. The largest absolute Gasteiger partial charge is 0.493 e. The molecule has 1 heterocycles. The van der Waals surface area contributed by atoms with E-state index in [2.05, 4.69) is 18.9 Å². The van der Waals surface area contributed by atoms with E-state index in [0.717, 1.165) is 30.9 Å². The van der Waals surface area contributed by atoms with Crippen molar-refractivity contribution in [2.24, 2.45) is 5.92 Å². The molecule has 3 rings (SSSR count). The van der Waals surface area contributed by atoms with Gasteiger partial charge in [-0.3, -0.25) is 4.79 Å². The van der Waals surface area contributed by atoms with Crippen molar-refractivity contribution in [3.63, 3.8) is 0 Å². The van der Waals surface area contributed by atoms with Crippen molar-refractivity contribution in [1.82, 2.24) is 4.90 Å². The Labute approximate surface area is 139 Å². The highest BCUT2D eigenvalue weighted by atomic mass is 16.5. The summed E-state index contributed by atoms with van der Waals surface area (Å²) in [6, 6.07) is 8.04. The second kappa shape index (κ2) is 8.16. The topological polar surface area (TPSA) is 38.8 Å². The van der Waals surface area contributed by atoms with Crippen LogP contribution in [0.25, 0.3) is 0 Å². The monoisotopic (exact) mass is 317 g/mol. The van der Waals surface area contributed by atoms with E-state index < -0.39 is 0 Å². The average molecular weight is 317 g/mol. The fourth-order valence-corrected chi connectivity index (χ4v) is 3.47. The maximum Gasteiger partial charge on any atom is 0.160 e. The van der Waals surface area contributed by atoms with E-state index >= 15 is 0 Å². The lowest BCUT2D eigenvalue weighted by Crippen LogP contribution is -2.34. The summed E-state index contributed by atoms with van der Waals surface area (Å²) in [6.45, 7) is 3.31. The fourth-order valence-electron chi connectivity index (χ4n) is 3.47. The van der Waals surface area contributed by atoms with Gasteiger partial charge in [-0.15, -0.1) is 0 Å². The lowest BCUT2D eigenvalue weighted by atomic mass is 9.82. The molecule has 1 aliphatic carbocycles. The molecule has 23 heavy (non-hydrogen) atoms. The quantitative estimate of drug-likeness (QED) is 0.857. The number of ether oxygens (including phenoxy) is 2. The first-order chi connectivity index (χ1) is 11.1. The van der Waals surface area contributed by atoms with Crippen LogP contribution in [0.15, 0.2) is 35.9 Å². The van der Waals surface area contributed by atoms with Crippen LogP contribution in [-0.4, -0.2) is 44.5 Å². The normalized spacial score (nSPS) is 23.5. The molecule has 1 aliphatic heterocycles. The molecule has 1 fully saturated rings. The zero-order valence-corrected chi connectivity index (χ0v) is 14.5. The van der Waals surface area contributed by atoms with Crippen molar-refractivity contribution < 1.29 is 14.3 Å². The van der Waals surface area contributed by atoms with Crippen molar-refractivity contribution in [2.45, 2.75) is 32.2 Å². The lowest BCUT2D eigenvalue weighted by molar-refractivity contribution is -0.116. The van der Waals surface area contributed by atoms with E-state index in [4.69, 9.17) is 9.47 Å². The van der Waals surface area contributed by atoms with Crippen LogP contribution in [0.3, 0.4) is 0 Å². The summed E-state index contributed by atoms with van der Waals surface area (Å²) in [5.41, 5.74) is 1.38. The zero-order chi connectivity index (χ0) is 16.8. The number of nitrogens with zero attached hydrogens (tertiary/aromatic N) is 1. The number of hydrogen-bond acceptors (Lipinski definition) is 4. The minimum Gasteiger partial charge on any atom is -0.493 e. The molecular formula is C19H27NO3. The van der Waals surface area contributed by atoms with Gasteiger partial charge in [0.05, 0.1) is 14.2 Å². The van der Waals surface area contributed by atoms with E-state index in [9.17, 15) is 4.79 Å². The van der Waals surface area contributed by atoms with Gasteiger partial charge >= 0.3 is 0 Å². The number of carbonyl (C=O) groups excluding carboxylic acids is 1. The van der Waals surface area contributed by atoms with Gasteiger partial charge < -0.3 is 14.4 Å². The van der Waals surface area contributed by atoms with Crippen LogP contribution in [0.5, 0.6) is 11.5 Å². The molecule has 1 aromatic rings.